The number of thiophene rings is 1. The van der Waals surface area contributed by atoms with Crippen molar-refractivity contribution in [3.05, 3.63) is 85.9 Å². The summed E-state index contributed by atoms with van der Waals surface area (Å²) in [6, 6.07) is 13.5. The van der Waals surface area contributed by atoms with E-state index in [0.29, 0.717) is 20.5 Å². The Hall–Kier alpha value is -3.43. The first-order chi connectivity index (χ1) is 15.8. The number of aliphatic carboxylic acids is 1. The minimum atomic E-state index is -0.970. The van der Waals surface area contributed by atoms with E-state index in [1.165, 1.54) is 10.6 Å². The molecule has 2 amide bonds. The Balaban J connectivity index is 1.47. The fraction of sp³-hybridized carbons (Fsp3) is 0.217. The zero-order chi connectivity index (χ0) is 23.5. The van der Waals surface area contributed by atoms with Gasteiger partial charge in [-0.15, -0.1) is 11.3 Å². The van der Waals surface area contributed by atoms with Gasteiger partial charge in [-0.2, -0.15) is 0 Å². The third-order valence-corrected chi connectivity index (χ3v) is 6.80. The summed E-state index contributed by atoms with van der Waals surface area (Å²) in [6.07, 6.45) is 2.05. The van der Waals surface area contributed by atoms with Gasteiger partial charge in [-0.25, -0.2) is 0 Å². The number of carbonyl (C=O) groups is 3. The molecular formula is C23H20ClN3O5S. The zero-order valence-electron chi connectivity index (χ0n) is 17.2. The number of hydrogen-bond donors (Lipinski definition) is 3. The van der Waals surface area contributed by atoms with Gasteiger partial charge in [0, 0.05) is 23.5 Å². The largest absolute Gasteiger partial charge is 0.481 e. The minimum absolute atomic E-state index is 0.189. The van der Waals surface area contributed by atoms with Gasteiger partial charge in [-0.05, 0) is 55.3 Å². The van der Waals surface area contributed by atoms with Crippen LogP contribution in [-0.2, 0) is 4.79 Å². The molecule has 3 atom stereocenters. The van der Waals surface area contributed by atoms with Gasteiger partial charge < -0.3 is 15.7 Å². The van der Waals surface area contributed by atoms with Gasteiger partial charge in [0.05, 0.1) is 27.2 Å². The van der Waals surface area contributed by atoms with E-state index in [1.807, 2.05) is 0 Å². The average Bonchev–Trinajstić information content (AvgIpc) is 3.41. The van der Waals surface area contributed by atoms with Crippen LogP contribution in [0.1, 0.15) is 32.9 Å². The third kappa shape index (κ3) is 5.15. The molecule has 0 saturated heterocycles. The predicted octanol–water partition coefficient (Wildman–Crippen LogP) is 2.94. The highest BCUT2D eigenvalue weighted by molar-refractivity contribution is 7.18. The SMILES string of the molecule is O=C(NC1CC(C(=O)O)CC1NC(=O)c1ccc(Cl)s1)c1ccc(-n2ccccc2=O)cc1. The summed E-state index contributed by atoms with van der Waals surface area (Å²) in [4.78, 5) is 49.3. The topological polar surface area (TPSA) is 118 Å². The van der Waals surface area contributed by atoms with Gasteiger partial charge in [0.15, 0.2) is 0 Å². The van der Waals surface area contributed by atoms with Gasteiger partial charge in [-0.3, -0.25) is 23.7 Å². The fourth-order valence-corrected chi connectivity index (χ4v) is 4.85. The van der Waals surface area contributed by atoms with E-state index in [4.69, 9.17) is 11.6 Å². The van der Waals surface area contributed by atoms with E-state index in [9.17, 15) is 24.3 Å². The van der Waals surface area contributed by atoms with Crippen LogP contribution in [0.5, 0.6) is 0 Å². The van der Waals surface area contributed by atoms with Crippen molar-refractivity contribution in [1.29, 1.82) is 0 Å². The van der Waals surface area contributed by atoms with E-state index >= 15 is 0 Å². The highest BCUT2D eigenvalue weighted by Gasteiger charge is 2.39. The summed E-state index contributed by atoms with van der Waals surface area (Å²) in [5, 5.41) is 15.1. The maximum atomic E-state index is 12.8. The van der Waals surface area contributed by atoms with Crippen molar-refractivity contribution in [1.82, 2.24) is 15.2 Å². The molecule has 0 bridgehead atoms. The molecule has 1 aliphatic carbocycles. The van der Waals surface area contributed by atoms with Crippen LogP contribution in [0.4, 0.5) is 0 Å². The number of carboxylic acid groups (broad SMARTS) is 1. The van der Waals surface area contributed by atoms with E-state index in [2.05, 4.69) is 10.6 Å². The lowest BCUT2D eigenvalue weighted by Gasteiger charge is -2.22. The molecule has 33 heavy (non-hydrogen) atoms. The van der Waals surface area contributed by atoms with E-state index in [-0.39, 0.29) is 24.3 Å². The van der Waals surface area contributed by atoms with E-state index in [0.717, 1.165) is 11.3 Å². The molecule has 3 N–H and O–H groups in total. The molecule has 1 aliphatic rings. The summed E-state index contributed by atoms with van der Waals surface area (Å²) in [6.45, 7) is 0. The average molecular weight is 486 g/mol. The Labute approximate surface area is 197 Å². The number of halogens is 1. The number of hydrogen-bond acceptors (Lipinski definition) is 5. The van der Waals surface area contributed by atoms with Crippen molar-refractivity contribution in [2.24, 2.45) is 5.92 Å². The molecule has 1 fully saturated rings. The van der Waals surface area contributed by atoms with Gasteiger partial charge in [0.25, 0.3) is 17.4 Å². The van der Waals surface area contributed by atoms with Gasteiger partial charge in [-0.1, -0.05) is 17.7 Å². The van der Waals surface area contributed by atoms with Crippen molar-refractivity contribution in [2.75, 3.05) is 0 Å². The Bertz CT molecular complexity index is 1250. The first kappa shape index (κ1) is 22.8. The Morgan fingerprint density at radius 3 is 2.18 bits per heavy atom. The van der Waals surface area contributed by atoms with Crippen molar-refractivity contribution < 1.29 is 19.5 Å². The summed E-state index contributed by atoms with van der Waals surface area (Å²) in [5.41, 5.74) is 0.784. The number of amides is 2. The van der Waals surface area contributed by atoms with Crippen LogP contribution in [0.2, 0.25) is 4.34 Å². The van der Waals surface area contributed by atoms with Crippen molar-refractivity contribution in [3.8, 4) is 5.69 Å². The van der Waals surface area contributed by atoms with Crippen LogP contribution in [-0.4, -0.2) is 39.5 Å². The first-order valence-electron chi connectivity index (χ1n) is 10.2. The molecule has 0 spiro atoms. The summed E-state index contributed by atoms with van der Waals surface area (Å²) < 4.78 is 1.93. The molecule has 10 heteroatoms. The lowest BCUT2D eigenvalue weighted by atomic mass is 10.1. The molecule has 0 radical (unpaired) electrons. The molecule has 1 saturated carbocycles. The van der Waals surface area contributed by atoms with Crippen molar-refractivity contribution in [2.45, 2.75) is 24.9 Å². The maximum Gasteiger partial charge on any atom is 0.306 e. The smallest absolute Gasteiger partial charge is 0.306 e. The van der Waals surface area contributed by atoms with E-state index in [1.54, 1.807) is 54.7 Å². The molecular weight excluding hydrogens is 466 g/mol. The highest BCUT2D eigenvalue weighted by Crippen LogP contribution is 2.28. The Kier molecular flexibility index (Phi) is 6.62. The molecule has 3 unspecified atom stereocenters. The predicted molar refractivity (Wildman–Crippen MR) is 124 cm³/mol. The summed E-state index contributed by atoms with van der Waals surface area (Å²) in [5.74, 6) is -2.40. The fourth-order valence-electron chi connectivity index (χ4n) is 3.90. The number of rotatable bonds is 6. The molecule has 8 nitrogen and oxygen atoms in total. The van der Waals surface area contributed by atoms with Crippen LogP contribution in [0.25, 0.3) is 5.69 Å². The van der Waals surface area contributed by atoms with Gasteiger partial charge in [0.1, 0.15) is 0 Å². The minimum Gasteiger partial charge on any atom is -0.481 e. The number of nitrogens with zero attached hydrogens (tertiary/aromatic N) is 1. The summed E-state index contributed by atoms with van der Waals surface area (Å²) in [7, 11) is 0. The highest BCUT2D eigenvalue weighted by atomic mass is 35.5. The summed E-state index contributed by atoms with van der Waals surface area (Å²) >= 11 is 7.02. The number of pyridine rings is 1. The van der Waals surface area contributed by atoms with Gasteiger partial charge in [0.2, 0.25) is 0 Å². The van der Waals surface area contributed by atoms with Crippen molar-refractivity contribution >= 4 is 40.7 Å². The molecule has 3 aromatic rings. The van der Waals surface area contributed by atoms with Crippen LogP contribution in [0.3, 0.4) is 0 Å². The lowest BCUT2D eigenvalue weighted by Crippen LogP contribution is -2.48. The molecule has 1 aromatic carbocycles. The number of carboxylic acids is 1. The van der Waals surface area contributed by atoms with Crippen LogP contribution in [0, 0.1) is 5.92 Å². The maximum absolute atomic E-state index is 12.8. The van der Waals surface area contributed by atoms with Crippen LogP contribution < -0.4 is 16.2 Å². The van der Waals surface area contributed by atoms with Crippen LogP contribution in [0.15, 0.2) is 65.6 Å². The Morgan fingerprint density at radius 1 is 0.939 bits per heavy atom. The molecule has 4 rings (SSSR count). The number of benzene rings is 1. The van der Waals surface area contributed by atoms with E-state index < -0.39 is 29.9 Å². The second-order valence-corrected chi connectivity index (χ2v) is 9.44. The third-order valence-electron chi connectivity index (χ3n) is 5.57. The lowest BCUT2D eigenvalue weighted by molar-refractivity contribution is -0.141. The van der Waals surface area contributed by atoms with Crippen LogP contribution >= 0.6 is 22.9 Å². The second kappa shape index (κ2) is 9.60. The Morgan fingerprint density at radius 2 is 1.61 bits per heavy atom. The van der Waals surface area contributed by atoms with Gasteiger partial charge >= 0.3 is 5.97 Å². The normalized spacial score (nSPS) is 19.7. The number of carbonyl (C=O) groups excluding carboxylic acids is 2. The number of nitrogens with one attached hydrogen (secondary N) is 2. The molecule has 170 valence electrons. The molecule has 2 heterocycles. The monoisotopic (exact) mass is 485 g/mol. The molecule has 2 aromatic heterocycles. The first-order valence-corrected chi connectivity index (χ1v) is 11.4. The second-order valence-electron chi connectivity index (χ2n) is 7.73. The number of aromatic nitrogens is 1. The van der Waals surface area contributed by atoms with Crippen molar-refractivity contribution in [3.63, 3.8) is 0 Å². The zero-order valence-corrected chi connectivity index (χ0v) is 18.8. The standard InChI is InChI=1S/C23H20ClN3O5S/c24-19-9-8-18(33-19)22(30)26-17-12-14(23(31)32)11-16(17)25-21(29)13-4-6-15(7-5-13)27-10-2-1-3-20(27)28/h1-10,14,16-17H,11-12H2,(H,25,29)(H,26,30)(H,31,32). The molecule has 0 aliphatic heterocycles. The quantitative estimate of drug-likeness (QED) is 0.496.